The molecule has 0 aromatic carbocycles. The van der Waals surface area contributed by atoms with Gasteiger partial charge in [-0.05, 0) is 18.6 Å². The van der Waals surface area contributed by atoms with E-state index in [9.17, 15) is 18.0 Å². The predicted octanol–water partition coefficient (Wildman–Crippen LogP) is 3.39. The topological polar surface area (TPSA) is 42.0 Å². The number of alkyl halides is 3. The third-order valence-electron chi connectivity index (χ3n) is 1.70. The van der Waals surface area contributed by atoms with Crippen molar-refractivity contribution in [3.63, 3.8) is 0 Å². The van der Waals surface area contributed by atoms with Crippen LogP contribution in [0.25, 0.3) is 0 Å². The van der Waals surface area contributed by atoms with E-state index in [1.54, 1.807) is 0 Å². The summed E-state index contributed by atoms with van der Waals surface area (Å²) in [4.78, 5) is 14.2. The molecule has 6 heteroatoms. The van der Waals surface area contributed by atoms with Gasteiger partial charge in [-0.2, -0.15) is 13.2 Å². The standard InChI is InChI=1S/C9H9F3N2O.C2H6/c1-5-3-7(9(10,11)12)4-13-8(5)14-6(2)15;1-2/h3-4H,1-2H3,(H,13,14,15);1-2H3. The molecule has 0 bridgehead atoms. The highest BCUT2D eigenvalue weighted by Gasteiger charge is 2.31. The molecule has 1 heterocycles. The van der Waals surface area contributed by atoms with E-state index in [1.165, 1.54) is 13.8 Å². The van der Waals surface area contributed by atoms with E-state index in [2.05, 4.69) is 10.3 Å². The number of aryl methyl sites for hydroxylation is 1. The van der Waals surface area contributed by atoms with Crippen LogP contribution >= 0.6 is 0 Å². The Hall–Kier alpha value is -1.59. The summed E-state index contributed by atoms with van der Waals surface area (Å²) in [6, 6.07) is 0.943. The Labute approximate surface area is 98.1 Å². The van der Waals surface area contributed by atoms with Crippen LogP contribution in [0.15, 0.2) is 12.3 Å². The fourth-order valence-electron chi connectivity index (χ4n) is 1.03. The Morgan fingerprint density at radius 3 is 2.24 bits per heavy atom. The smallest absolute Gasteiger partial charge is 0.311 e. The zero-order chi connectivity index (χ0) is 13.6. The fourth-order valence-corrected chi connectivity index (χ4v) is 1.03. The molecule has 0 saturated heterocycles. The lowest BCUT2D eigenvalue weighted by Crippen LogP contribution is -2.11. The molecular formula is C11H15F3N2O. The molecule has 96 valence electrons. The molecule has 0 spiro atoms. The number of nitrogens with zero attached hydrogens (tertiary/aromatic N) is 1. The van der Waals surface area contributed by atoms with Crippen molar-refractivity contribution in [1.82, 2.24) is 4.98 Å². The van der Waals surface area contributed by atoms with E-state index in [4.69, 9.17) is 0 Å². The van der Waals surface area contributed by atoms with Crippen LogP contribution in [-0.4, -0.2) is 10.9 Å². The maximum Gasteiger partial charge on any atom is 0.417 e. The highest BCUT2D eigenvalue weighted by Crippen LogP contribution is 2.30. The van der Waals surface area contributed by atoms with Crippen molar-refractivity contribution in [2.24, 2.45) is 0 Å². The first-order valence-corrected chi connectivity index (χ1v) is 5.12. The van der Waals surface area contributed by atoms with Gasteiger partial charge in [-0.25, -0.2) is 4.98 Å². The van der Waals surface area contributed by atoms with Crippen LogP contribution in [-0.2, 0) is 11.0 Å². The minimum absolute atomic E-state index is 0.149. The monoisotopic (exact) mass is 248 g/mol. The van der Waals surface area contributed by atoms with Gasteiger partial charge in [0.2, 0.25) is 5.91 Å². The molecule has 0 aliphatic rings. The van der Waals surface area contributed by atoms with Gasteiger partial charge in [-0.1, -0.05) is 13.8 Å². The van der Waals surface area contributed by atoms with E-state index in [1.807, 2.05) is 13.8 Å². The predicted molar refractivity (Wildman–Crippen MR) is 59.6 cm³/mol. The fraction of sp³-hybridized carbons (Fsp3) is 0.455. The summed E-state index contributed by atoms with van der Waals surface area (Å²) in [7, 11) is 0. The van der Waals surface area contributed by atoms with Gasteiger partial charge < -0.3 is 5.32 Å². The van der Waals surface area contributed by atoms with E-state index < -0.39 is 11.7 Å². The second kappa shape index (κ2) is 6.22. The number of amides is 1. The van der Waals surface area contributed by atoms with Crippen LogP contribution in [0.1, 0.15) is 31.9 Å². The molecule has 1 aromatic heterocycles. The maximum absolute atomic E-state index is 12.2. The van der Waals surface area contributed by atoms with Gasteiger partial charge in [0.25, 0.3) is 0 Å². The average molecular weight is 248 g/mol. The summed E-state index contributed by atoms with van der Waals surface area (Å²) in [6.07, 6.45) is -3.72. The number of hydrogen-bond donors (Lipinski definition) is 1. The molecule has 0 fully saturated rings. The molecule has 1 aromatic rings. The summed E-state index contributed by atoms with van der Waals surface area (Å²) < 4.78 is 36.7. The first-order valence-electron chi connectivity index (χ1n) is 5.12. The quantitative estimate of drug-likeness (QED) is 0.827. The third kappa shape index (κ3) is 4.84. The van der Waals surface area contributed by atoms with Crippen molar-refractivity contribution in [2.75, 3.05) is 5.32 Å². The molecule has 1 rings (SSSR count). The van der Waals surface area contributed by atoms with Gasteiger partial charge in [-0.15, -0.1) is 0 Å². The molecule has 0 radical (unpaired) electrons. The lowest BCUT2D eigenvalue weighted by Gasteiger charge is -2.09. The summed E-state index contributed by atoms with van der Waals surface area (Å²) in [6.45, 7) is 6.71. The van der Waals surface area contributed by atoms with Gasteiger partial charge in [0.05, 0.1) is 5.56 Å². The van der Waals surface area contributed by atoms with E-state index in [0.29, 0.717) is 6.20 Å². The van der Waals surface area contributed by atoms with Crippen LogP contribution in [0.5, 0.6) is 0 Å². The van der Waals surface area contributed by atoms with E-state index in [0.717, 1.165) is 6.07 Å². The van der Waals surface area contributed by atoms with Crippen LogP contribution in [0.4, 0.5) is 19.0 Å². The molecule has 0 aliphatic carbocycles. The third-order valence-corrected chi connectivity index (χ3v) is 1.70. The van der Waals surface area contributed by atoms with Crippen LogP contribution < -0.4 is 5.32 Å². The van der Waals surface area contributed by atoms with Gasteiger partial charge >= 0.3 is 6.18 Å². The Morgan fingerprint density at radius 2 is 1.88 bits per heavy atom. The Balaban J connectivity index is 0.00000121. The van der Waals surface area contributed by atoms with Crippen LogP contribution in [0, 0.1) is 6.92 Å². The van der Waals surface area contributed by atoms with Gasteiger partial charge in [0, 0.05) is 13.1 Å². The van der Waals surface area contributed by atoms with Crippen molar-refractivity contribution in [2.45, 2.75) is 33.9 Å². The largest absolute Gasteiger partial charge is 0.417 e. The van der Waals surface area contributed by atoms with Crippen LogP contribution in [0.2, 0.25) is 0 Å². The number of pyridine rings is 1. The summed E-state index contributed by atoms with van der Waals surface area (Å²) in [5.41, 5.74) is -0.547. The lowest BCUT2D eigenvalue weighted by atomic mass is 10.2. The second-order valence-electron chi connectivity index (χ2n) is 3.07. The van der Waals surface area contributed by atoms with E-state index in [-0.39, 0.29) is 17.3 Å². The zero-order valence-electron chi connectivity index (χ0n) is 10.1. The Bertz CT molecular complexity index is 389. The summed E-state index contributed by atoms with van der Waals surface area (Å²) in [5, 5.41) is 2.33. The van der Waals surface area contributed by atoms with Gasteiger partial charge in [0.15, 0.2) is 0 Å². The van der Waals surface area contributed by atoms with Crippen molar-refractivity contribution < 1.29 is 18.0 Å². The molecule has 0 saturated carbocycles. The SMILES string of the molecule is CC.CC(=O)Nc1ncc(C(F)(F)F)cc1C. The van der Waals surface area contributed by atoms with Gasteiger partial charge in [0.1, 0.15) is 5.82 Å². The zero-order valence-corrected chi connectivity index (χ0v) is 10.1. The molecule has 17 heavy (non-hydrogen) atoms. The maximum atomic E-state index is 12.2. The molecule has 1 amide bonds. The Kier molecular flexibility index (Phi) is 5.64. The number of halogens is 3. The van der Waals surface area contributed by atoms with E-state index >= 15 is 0 Å². The molecule has 3 nitrogen and oxygen atoms in total. The summed E-state index contributed by atoms with van der Waals surface area (Å²) >= 11 is 0. The number of rotatable bonds is 1. The number of carbonyl (C=O) groups excluding carboxylic acids is 1. The lowest BCUT2D eigenvalue weighted by molar-refractivity contribution is -0.137. The van der Waals surface area contributed by atoms with Gasteiger partial charge in [-0.3, -0.25) is 4.79 Å². The Morgan fingerprint density at radius 1 is 1.35 bits per heavy atom. The summed E-state index contributed by atoms with van der Waals surface area (Å²) in [5.74, 6) is -0.221. The van der Waals surface area contributed by atoms with Crippen LogP contribution in [0.3, 0.4) is 0 Å². The van der Waals surface area contributed by atoms with Crippen molar-refractivity contribution >= 4 is 11.7 Å². The molecule has 0 unspecified atom stereocenters. The van der Waals surface area contributed by atoms with Crippen molar-refractivity contribution in [3.05, 3.63) is 23.4 Å². The minimum Gasteiger partial charge on any atom is -0.311 e. The molecule has 0 atom stereocenters. The number of nitrogens with one attached hydrogen (secondary N) is 1. The number of aromatic nitrogens is 1. The average Bonchev–Trinajstić information content (AvgIpc) is 2.22. The second-order valence-corrected chi connectivity index (χ2v) is 3.07. The minimum atomic E-state index is -4.41. The molecule has 0 aliphatic heterocycles. The highest BCUT2D eigenvalue weighted by atomic mass is 19.4. The van der Waals surface area contributed by atoms with Crippen molar-refractivity contribution in [1.29, 1.82) is 0 Å². The van der Waals surface area contributed by atoms with Crippen molar-refractivity contribution in [3.8, 4) is 0 Å². The highest BCUT2D eigenvalue weighted by molar-refractivity contribution is 5.88. The first kappa shape index (κ1) is 15.4. The number of hydrogen-bond acceptors (Lipinski definition) is 2. The normalized spacial score (nSPS) is 10.3. The molecule has 1 N–H and O–H groups in total. The molecular weight excluding hydrogens is 233 g/mol. The first-order chi connectivity index (χ1) is 7.80. The number of anilines is 1. The number of carbonyl (C=O) groups is 1.